The molecule has 2 heterocycles. The zero-order valence-electron chi connectivity index (χ0n) is 14.2. The summed E-state index contributed by atoms with van der Waals surface area (Å²) in [6.07, 6.45) is 4.52. The molecular weight excluding hydrogens is 293 g/mol. The highest BCUT2D eigenvalue weighted by atomic mass is 19.1. The summed E-state index contributed by atoms with van der Waals surface area (Å²) >= 11 is 0. The minimum atomic E-state index is -0.270. The van der Waals surface area contributed by atoms with Gasteiger partial charge in [0.2, 0.25) is 0 Å². The standard InChI is InChI=1S/C15H19FN2O.C3H9N/c1-2-7-18-8-5-11(6-9-18)15-13-4-3-12(16)10-14(13)19-17-15;1-2-3-4/h3-4,10-11H,2,5-9H2,1H3;2-4H2,1H3. The monoisotopic (exact) mass is 321 g/mol. The Kier molecular flexibility index (Phi) is 6.99. The van der Waals surface area contributed by atoms with Crippen molar-refractivity contribution in [3.63, 3.8) is 0 Å². The molecule has 5 heteroatoms. The van der Waals surface area contributed by atoms with E-state index >= 15 is 0 Å². The average molecular weight is 321 g/mol. The lowest BCUT2D eigenvalue weighted by molar-refractivity contribution is 0.209. The normalized spacial score (nSPS) is 16.3. The van der Waals surface area contributed by atoms with E-state index in [2.05, 4.69) is 23.9 Å². The van der Waals surface area contributed by atoms with Gasteiger partial charge in [0.15, 0.2) is 5.58 Å². The van der Waals surface area contributed by atoms with Crippen LogP contribution >= 0.6 is 0 Å². The third-order valence-electron chi connectivity index (χ3n) is 4.26. The SMILES string of the molecule is CCCN.CCCN1CCC(c2noc3cc(F)ccc23)CC1. The van der Waals surface area contributed by atoms with Gasteiger partial charge >= 0.3 is 0 Å². The maximum Gasteiger partial charge on any atom is 0.170 e. The van der Waals surface area contributed by atoms with Crippen molar-refractivity contribution in [2.24, 2.45) is 5.73 Å². The van der Waals surface area contributed by atoms with Gasteiger partial charge in [-0.25, -0.2) is 4.39 Å². The van der Waals surface area contributed by atoms with Crippen LogP contribution in [0.5, 0.6) is 0 Å². The van der Waals surface area contributed by atoms with Crippen molar-refractivity contribution in [3.8, 4) is 0 Å². The van der Waals surface area contributed by atoms with E-state index in [9.17, 15) is 4.39 Å². The molecule has 23 heavy (non-hydrogen) atoms. The van der Waals surface area contributed by atoms with E-state index < -0.39 is 0 Å². The Balaban J connectivity index is 0.000000433. The summed E-state index contributed by atoms with van der Waals surface area (Å²) in [6, 6.07) is 4.68. The predicted octanol–water partition coefficient (Wildman–Crippen LogP) is 3.91. The fourth-order valence-electron chi connectivity index (χ4n) is 2.97. The Labute approximate surface area is 137 Å². The summed E-state index contributed by atoms with van der Waals surface area (Å²) in [4.78, 5) is 2.50. The summed E-state index contributed by atoms with van der Waals surface area (Å²) in [7, 11) is 0. The minimum absolute atomic E-state index is 0.270. The van der Waals surface area contributed by atoms with Crippen LogP contribution in [0.1, 0.15) is 51.1 Å². The number of benzene rings is 1. The zero-order valence-corrected chi connectivity index (χ0v) is 14.2. The molecule has 0 atom stereocenters. The summed E-state index contributed by atoms with van der Waals surface area (Å²) < 4.78 is 18.4. The molecule has 0 aliphatic carbocycles. The minimum Gasteiger partial charge on any atom is -0.356 e. The van der Waals surface area contributed by atoms with Crippen LogP contribution in [0.15, 0.2) is 22.7 Å². The number of rotatable bonds is 4. The number of hydrogen-bond acceptors (Lipinski definition) is 4. The Morgan fingerprint density at radius 2 is 1.96 bits per heavy atom. The van der Waals surface area contributed by atoms with Gasteiger partial charge in [0.25, 0.3) is 0 Å². The van der Waals surface area contributed by atoms with E-state index in [0.717, 1.165) is 50.0 Å². The highest BCUT2D eigenvalue weighted by Crippen LogP contribution is 2.32. The third kappa shape index (κ3) is 4.75. The fourth-order valence-corrected chi connectivity index (χ4v) is 2.97. The lowest BCUT2D eigenvalue weighted by Gasteiger charge is -2.30. The van der Waals surface area contributed by atoms with Gasteiger partial charge in [-0.2, -0.15) is 0 Å². The lowest BCUT2D eigenvalue weighted by atomic mass is 9.91. The van der Waals surface area contributed by atoms with E-state index in [-0.39, 0.29) is 5.82 Å². The number of likely N-dealkylation sites (tertiary alicyclic amines) is 1. The summed E-state index contributed by atoms with van der Waals surface area (Å²) in [5.74, 6) is 0.174. The van der Waals surface area contributed by atoms with Gasteiger partial charge in [-0.3, -0.25) is 0 Å². The quantitative estimate of drug-likeness (QED) is 0.927. The molecule has 1 aliphatic heterocycles. The first kappa shape index (κ1) is 17.9. The summed E-state index contributed by atoms with van der Waals surface area (Å²) in [5.41, 5.74) is 6.59. The molecule has 0 radical (unpaired) electrons. The van der Waals surface area contributed by atoms with Crippen LogP contribution in [0.3, 0.4) is 0 Å². The molecule has 1 aliphatic rings. The molecule has 128 valence electrons. The molecule has 1 fully saturated rings. The van der Waals surface area contributed by atoms with Crippen molar-refractivity contribution in [1.82, 2.24) is 10.1 Å². The molecule has 3 rings (SSSR count). The van der Waals surface area contributed by atoms with E-state index in [0.29, 0.717) is 11.5 Å². The van der Waals surface area contributed by atoms with E-state index in [1.54, 1.807) is 6.07 Å². The molecule has 0 unspecified atom stereocenters. The molecule has 1 aromatic carbocycles. The maximum atomic E-state index is 13.1. The van der Waals surface area contributed by atoms with Crippen molar-refractivity contribution in [3.05, 3.63) is 29.7 Å². The molecule has 4 nitrogen and oxygen atoms in total. The number of fused-ring (bicyclic) bond motifs is 1. The second-order valence-corrected chi connectivity index (χ2v) is 6.11. The highest BCUT2D eigenvalue weighted by molar-refractivity contribution is 5.79. The fraction of sp³-hybridized carbons (Fsp3) is 0.611. The van der Waals surface area contributed by atoms with Crippen molar-refractivity contribution >= 4 is 11.0 Å². The molecule has 0 bridgehead atoms. The first-order valence-corrected chi connectivity index (χ1v) is 8.66. The van der Waals surface area contributed by atoms with Crippen molar-refractivity contribution in [1.29, 1.82) is 0 Å². The van der Waals surface area contributed by atoms with Crippen molar-refractivity contribution < 1.29 is 8.91 Å². The molecule has 0 saturated carbocycles. The smallest absolute Gasteiger partial charge is 0.170 e. The van der Waals surface area contributed by atoms with Crippen molar-refractivity contribution in [2.75, 3.05) is 26.2 Å². The topological polar surface area (TPSA) is 55.3 Å². The lowest BCUT2D eigenvalue weighted by Crippen LogP contribution is -2.33. The van der Waals surface area contributed by atoms with Crippen LogP contribution in [0.4, 0.5) is 4.39 Å². The summed E-state index contributed by atoms with van der Waals surface area (Å²) in [6.45, 7) is 8.51. The number of halogens is 1. The van der Waals surface area contributed by atoms with Gasteiger partial charge in [0.05, 0.1) is 5.69 Å². The number of aromatic nitrogens is 1. The Morgan fingerprint density at radius 3 is 2.57 bits per heavy atom. The van der Waals surface area contributed by atoms with Gasteiger partial charge in [-0.15, -0.1) is 0 Å². The zero-order chi connectivity index (χ0) is 16.7. The third-order valence-corrected chi connectivity index (χ3v) is 4.26. The van der Waals surface area contributed by atoms with E-state index in [1.807, 2.05) is 0 Å². The largest absolute Gasteiger partial charge is 0.356 e. The average Bonchev–Trinajstić information content (AvgIpc) is 2.99. The van der Waals surface area contributed by atoms with Crippen molar-refractivity contribution in [2.45, 2.75) is 45.4 Å². The molecule has 1 aromatic heterocycles. The Bertz CT molecular complexity index is 589. The summed E-state index contributed by atoms with van der Waals surface area (Å²) in [5, 5.41) is 5.14. The maximum absolute atomic E-state index is 13.1. The second kappa shape index (κ2) is 8.99. The van der Waals surface area contributed by atoms with Crippen LogP contribution in [0.25, 0.3) is 11.0 Å². The predicted molar refractivity (Wildman–Crippen MR) is 92.0 cm³/mol. The number of nitrogens with zero attached hydrogens (tertiary/aromatic N) is 2. The van der Waals surface area contributed by atoms with Crippen LogP contribution in [0, 0.1) is 5.82 Å². The Morgan fingerprint density at radius 1 is 1.26 bits per heavy atom. The first-order chi connectivity index (χ1) is 11.2. The van der Waals surface area contributed by atoms with Crippen LogP contribution < -0.4 is 5.73 Å². The first-order valence-electron chi connectivity index (χ1n) is 8.66. The highest BCUT2D eigenvalue weighted by Gasteiger charge is 2.24. The molecule has 0 spiro atoms. The van der Waals surface area contributed by atoms with Crippen LogP contribution in [0.2, 0.25) is 0 Å². The number of hydrogen-bond donors (Lipinski definition) is 1. The van der Waals surface area contributed by atoms with Gasteiger partial charge in [-0.1, -0.05) is 19.0 Å². The van der Waals surface area contributed by atoms with E-state index in [1.165, 1.54) is 25.1 Å². The van der Waals surface area contributed by atoms with Gasteiger partial charge in [0, 0.05) is 17.4 Å². The van der Waals surface area contributed by atoms with Crippen LogP contribution in [-0.4, -0.2) is 36.2 Å². The molecule has 2 aromatic rings. The van der Waals surface area contributed by atoms with Crippen LogP contribution in [-0.2, 0) is 0 Å². The Hall–Kier alpha value is -1.46. The molecular formula is C18H28FN3O. The molecule has 1 saturated heterocycles. The number of piperidine rings is 1. The van der Waals surface area contributed by atoms with Gasteiger partial charge in [0.1, 0.15) is 5.82 Å². The molecule has 2 N–H and O–H groups in total. The van der Waals surface area contributed by atoms with E-state index in [4.69, 9.17) is 10.3 Å². The van der Waals surface area contributed by atoms with Gasteiger partial charge in [-0.05, 0) is 64.0 Å². The number of nitrogens with two attached hydrogens (primary N) is 1. The van der Waals surface area contributed by atoms with Gasteiger partial charge < -0.3 is 15.2 Å². The second-order valence-electron chi connectivity index (χ2n) is 6.11. The molecule has 0 amide bonds.